The number of imidazole rings is 1. The lowest BCUT2D eigenvalue weighted by Gasteiger charge is -2.15. The Morgan fingerprint density at radius 1 is 1.22 bits per heavy atom. The minimum atomic E-state index is -1.26. The Morgan fingerprint density at radius 2 is 1.89 bits per heavy atom. The van der Waals surface area contributed by atoms with Gasteiger partial charge >= 0.3 is 5.97 Å². The molecule has 0 unspecified atom stereocenters. The second-order valence-electron chi connectivity index (χ2n) is 6.20. The van der Waals surface area contributed by atoms with E-state index in [2.05, 4.69) is 10.3 Å². The van der Waals surface area contributed by atoms with E-state index in [1.54, 1.807) is 20.0 Å². The first-order valence-electron chi connectivity index (χ1n) is 8.23. The molecule has 2 heterocycles. The molecule has 9 heteroatoms. The van der Waals surface area contributed by atoms with Gasteiger partial charge in [0.1, 0.15) is 6.54 Å². The summed E-state index contributed by atoms with van der Waals surface area (Å²) in [4.78, 5) is 40.2. The van der Waals surface area contributed by atoms with Crippen molar-refractivity contribution in [3.05, 3.63) is 52.4 Å². The SMILES string of the molecule is CC(C)n1c(=O)c(C(=O)NCC(=O)O)c(O)c2nc(-c3ccccc3)cn21. The third-order valence-corrected chi connectivity index (χ3v) is 3.98. The summed E-state index contributed by atoms with van der Waals surface area (Å²) in [7, 11) is 0. The van der Waals surface area contributed by atoms with Crippen LogP contribution in [-0.4, -0.2) is 42.8 Å². The van der Waals surface area contributed by atoms with Gasteiger partial charge in [0.2, 0.25) is 0 Å². The molecule has 0 aliphatic rings. The quantitative estimate of drug-likeness (QED) is 0.621. The zero-order valence-corrected chi connectivity index (χ0v) is 14.7. The number of fused-ring (bicyclic) bond motifs is 1. The van der Waals surface area contributed by atoms with Crippen LogP contribution in [0.3, 0.4) is 0 Å². The highest BCUT2D eigenvalue weighted by atomic mass is 16.4. The number of amides is 1. The fraction of sp³-hybridized carbons (Fsp3) is 0.222. The number of benzene rings is 1. The molecule has 0 aliphatic heterocycles. The highest BCUT2D eigenvalue weighted by Crippen LogP contribution is 2.26. The molecule has 1 aromatic carbocycles. The number of aliphatic carboxylic acids is 1. The third-order valence-electron chi connectivity index (χ3n) is 3.98. The summed E-state index contributed by atoms with van der Waals surface area (Å²) in [6.07, 6.45) is 1.60. The summed E-state index contributed by atoms with van der Waals surface area (Å²) in [5.41, 5.74) is 0.0446. The van der Waals surface area contributed by atoms with Gasteiger partial charge in [0, 0.05) is 11.6 Å². The Hall–Kier alpha value is -3.62. The highest BCUT2D eigenvalue weighted by molar-refractivity contribution is 5.99. The van der Waals surface area contributed by atoms with Gasteiger partial charge in [-0.05, 0) is 13.8 Å². The summed E-state index contributed by atoms with van der Waals surface area (Å²) in [6, 6.07) is 8.84. The Labute approximate surface area is 153 Å². The molecule has 0 saturated carbocycles. The van der Waals surface area contributed by atoms with E-state index in [0.717, 1.165) is 5.56 Å². The number of rotatable bonds is 5. The number of nitrogens with zero attached hydrogens (tertiary/aromatic N) is 3. The zero-order valence-electron chi connectivity index (χ0n) is 14.7. The third kappa shape index (κ3) is 3.26. The molecule has 3 N–H and O–H groups in total. The molecule has 3 aromatic rings. The van der Waals surface area contributed by atoms with Crippen LogP contribution in [0.15, 0.2) is 41.3 Å². The molecule has 3 rings (SSSR count). The predicted octanol–water partition coefficient (Wildman–Crippen LogP) is 1.26. The van der Waals surface area contributed by atoms with Crippen molar-refractivity contribution in [2.75, 3.05) is 6.54 Å². The van der Waals surface area contributed by atoms with E-state index in [9.17, 15) is 19.5 Å². The fourth-order valence-corrected chi connectivity index (χ4v) is 2.80. The number of aromatic nitrogens is 3. The molecule has 0 saturated heterocycles. The first-order chi connectivity index (χ1) is 12.8. The number of carbonyl (C=O) groups is 2. The molecule has 27 heavy (non-hydrogen) atoms. The monoisotopic (exact) mass is 370 g/mol. The van der Waals surface area contributed by atoms with Crippen molar-refractivity contribution < 1.29 is 19.8 Å². The van der Waals surface area contributed by atoms with Gasteiger partial charge in [-0.25, -0.2) is 14.2 Å². The van der Waals surface area contributed by atoms with E-state index in [1.165, 1.54) is 9.20 Å². The van der Waals surface area contributed by atoms with E-state index in [-0.39, 0.29) is 11.7 Å². The highest BCUT2D eigenvalue weighted by Gasteiger charge is 2.25. The van der Waals surface area contributed by atoms with Crippen LogP contribution in [0.4, 0.5) is 0 Å². The average molecular weight is 370 g/mol. The normalized spacial score (nSPS) is 11.1. The molecule has 0 atom stereocenters. The van der Waals surface area contributed by atoms with Crippen LogP contribution in [-0.2, 0) is 4.79 Å². The molecular weight excluding hydrogens is 352 g/mol. The maximum Gasteiger partial charge on any atom is 0.322 e. The van der Waals surface area contributed by atoms with Crippen LogP contribution in [0.2, 0.25) is 0 Å². The van der Waals surface area contributed by atoms with Crippen molar-refractivity contribution in [1.82, 2.24) is 19.5 Å². The summed E-state index contributed by atoms with van der Waals surface area (Å²) in [5.74, 6) is -2.83. The van der Waals surface area contributed by atoms with Crippen molar-refractivity contribution in [1.29, 1.82) is 0 Å². The average Bonchev–Trinajstić information content (AvgIpc) is 3.05. The predicted molar refractivity (Wildman–Crippen MR) is 96.9 cm³/mol. The number of carbonyl (C=O) groups excluding carboxylic acids is 1. The summed E-state index contributed by atoms with van der Waals surface area (Å²) in [5, 5.41) is 21.3. The van der Waals surface area contributed by atoms with Crippen LogP contribution in [0, 0.1) is 0 Å². The minimum Gasteiger partial charge on any atom is -0.504 e. The van der Waals surface area contributed by atoms with E-state index in [0.29, 0.717) is 5.69 Å². The molecule has 0 spiro atoms. The van der Waals surface area contributed by atoms with Gasteiger partial charge in [-0.15, -0.1) is 0 Å². The Kier molecular flexibility index (Phi) is 4.68. The number of nitrogens with one attached hydrogen (secondary N) is 1. The van der Waals surface area contributed by atoms with Crippen LogP contribution in [0.25, 0.3) is 16.9 Å². The van der Waals surface area contributed by atoms with E-state index >= 15 is 0 Å². The smallest absolute Gasteiger partial charge is 0.322 e. The Bertz CT molecular complexity index is 1080. The van der Waals surface area contributed by atoms with E-state index in [1.807, 2.05) is 30.3 Å². The van der Waals surface area contributed by atoms with Crippen LogP contribution < -0.4 is 10.9 Å². The summed E-state index contributed by atoms with van der Waals surface area (Å²) >= 11 is 0. The largest absolute Gasteiger partial charge is 0.504 e. The van der Waals surface area contributed by atoms with Crippen molar-refractivity contribution >= 4 is 17.5 Å². The van der Waals surface area contributed by atoms with Crippen LogP contribution in [0.5, 0.6) is 5.75 Å². The number of carboxylic acid groups (broad SMARTS) is 1. The number of hydrogen-bond acceptors (Lipinski definition) is 5. The molecule has 0 aliphatic carbocycles. The summed E-state index contributed by atoms with van der Waals surface area (Å²) < 4.78 is 2.68. The van der Waals surface area contributed by atoms with Crippen molar-refractivity contribution in [3.8, 4) is 17.0 Å². The van der Waals surface area contributed by atoms with Gasteiger partial charge in [0.15, 0.2) is 17.0 Å². The van der Waals surface area contributed by atoms with Crippen molar-refractivity contribution in [2.45, 2.75) is 19.9 Å². The molecule has 140 valence electrons. The molecule has 9 nitrogen and oxygen atoms in total. The first-order valence-corrected chi connectivity index (χ1v) is 8.23. The topological polar surface area (TPSA) is 126 Å². The van der Waals surface area contributed by atoms with Crippen LogP contribution in [0.1, 0.15) is 30.2 Å². The van der Waals surface area contributed by atoms with Gasteiger partial charge in [0.25, 0.3) is 11.5 Å². The lowest BCUT2D eigenvalue weighted by Crippen LogP contribution is -2.38. The molecule has 1 amide bonds. The van der Waals surface area contributed by atoms with Gasteiger partial charge in [0.05, 0.1) is 11.9 Å². The number of aromatic hydroxyl groups is 1. The minimum absolute atomic E-state index is 0.0302. The van der Waals surface area contributed by atoms with E-state index in [4.69, 9.17) is 5.11 Å². The molecule has 2 aromatic heterocycles. The maximum absolute atomic E-state index is 12.8. The Morgan fingerprint density at radius 3 is 2.48 bits per heavy atom. The number of hydrogen-bond donors (Lipinski definition) is 3. The zero-order chi connectivity index (χ0) is 19.7. The summed E-state index contributed by atoms with van der Waals surface area (Å²) in [6.45, 7) is 2.83. The fourth-order valence-electron chi connectivity index (χ4n) is 2.80. The molecule has 0 bridgehead atoms. The van der Waals surface area contributed by atoms with Gasteiger partial charge in [-0.3, -0.25) is 14.4 Å². The maximum atomic E-state index is 12.8. The van der Waals surface area contributed by atoms with E-state index < -0.39 is 35.3 Å². The lowest BCUT2D eigenvalue weighted by molar-refractivity contribution is -0.135. The van der Waals surface area contributed by atoms with Crippen molar-refractivity contribution in [3.63, 3.8) is 0 Å². The molecule has 0 radical (unpaired) electrons. The number of carboxylic acids is 1. The standard InChI is InChI=1S/C18H18N4O5/c1-10(2)22-18(27)14(17(26)19-8-13(23)24)15(25)16-20-12(9-21(16)22)11-6-4-3-5-7-11/h3-7,9-10,25H,8H2,1-2H3,(H,19,26)(H,23,24). The lowest BCUT2D eigenvalue weighted by atomic mass is 10.2. The molecular formula is C18H18N4O5. The van der Waals surface area contributed by atoms with Crippen LogP contribution >= 0.6 is 0 Å². The van der Waals surface area contributed by atoms with Gasteiger partial charge < -0.3 is 15.5 Å². The second-order valence-corrected chi connectivity index (χ2v) is 6.20. The van der Waals surface area contributed by atoms with Gasteiger partial charge in [-0.2, -0.15) is 0 Å². The van der Waals surface area contributed by atoms with Crippen molar-refractivity contribution in [2.24, 2.45) is 0 Å². The Balaban J connectivity index is 2.25. The first kappa shape index (κ1) is 18.2. The second kappa shape index (κ2) is 6.94. The van der Waals surface area contributed by atoms with Gasteiger partial charge in [-0.1, -0.05) is 30.3 Å². The molecule has 0 fully saturated rings.